The lowest BCUT2D eigenvalue weighted by Crippen LogP contribution is -2.36. The van der Waals surface area contributed by atoms with Gasteiger partial charge in [-0.05, 0) is 50.5 Å². The second-order valence-electron chi connectivity index (χ2n) is 5.89. The van der Waals surface area contributed by atoms with Crippen LogP contribution in [0.3, 0.4) is 0 Å². The molecule has 6 nitrogen and oxygen atoms in total. The van der Waals surface area contributed by atoms with Crippen molar-refractivity contribution in [3.05, 3.63) is 47.3 Å². The summed E-state index contributed by atoms with van der Waals surface area (Å²) in [6.07, 6.45) is 3.26. The fourth-order valence-electron chi connectivity index (χ4n) is 2.79. The standard InChI is InChI=1S/C18H19N5O/c1-13-10-16(17(24)23-8-3-2-4-9-23)22-18(20-13)21-15-7-5-6-14(11-15)12-19/h5-7,10-11H,2-4,8-9H2,1H3,(H,20,21,22). The van der Waals surface area contributed by atoms with Gasteiger partial charge in [0.25, 0.3) is 5.91 Å². The third-order valence-electron chi connectivity index (χ3n) is 3.96. The number of amides is 1. The number of likely N-dealkylation sites (tertiary alicyclic amines) is 1. The fourth-order valence-corrected chi connectivity index (χ4v) is 2.79. The lowest BCUT2D eigenvalue weighted by Gasteiger charge is -2.26. The Balaban J connectivity index is 1.83. The van der Waals surface area contributed by atoms with Gasteiger partial charge in [-0.25, -0.2) is 9.97 Å². The number of anilines is 2. The van der Waals surface area contributed by atoms with Crippen LogP contribution in [0.4, 0.5) is 11.6 Å². The molecule has 1 saturated heterocycles. The van der Waals surface area contributed by atoms with Gasteiger partial charge in [0.1, 0.15) is 5.69 Å². The Morgan fingerprint density at radius 3 is 2.75 bits per heavy atom. The Morgan fingerprint density at radius 2 is 2.00 bits per heavy atom. The van der Waals surface area contributed by atoms with Crippen molar-refractivity contribution in [3.8, 4) is 6.07 Å². The van der Waals surface area contributed by atoms with Crippen LogP contribution in [0, 0.1) is 18.3 Å². The molecule has 1 amide bonds. The number of piperidine rings is 1. The SMILES string of the molecule is Cc1cc(C(=O)N2CCCCC2)nc(Nc2cccc(C#N)c2)n1. The molecule has 0 unspecified atom stereocenters. The smallest absolute Gasteiger partial charge is 0.272 e. The van der Waals surface area contributed by atoms with Crippen LogP contribution >= 0.6 is 0 Å². The van der Waals surface area contributed by atoms with Gasteiger partial charge in [0.15, 0.2) is 0 Å². The summed E-state index contributed by atoms with van der Waals surface area (Å²) in [7, 11) is 0. The third kappa shape index (κ3) is 3.69. The molecule has 0 saturated carbocycles. The van der Waals surface area contributed by atoms with Crippen LogP contribution in [0.15, 0.2) is 30.3 Å². The van der Waals surface area contributed by atoms with Crippen molar-refractivity contribution in [2.75, 3.05) is 18.4 Å². The third-order valence-corrected chi connectivity index (χ3v) is 3.96. The van der Waals surface area contributed by atoms with Gasteiger partial charge in [0.2, 0.25) is 5.95 Å². The molecule has 1 aliphatic rings. The topological polar surface area (TPSA) is 81.9 Å². The van der Waals surface area contributed by atoms with E-state index < -0.39 is 0 Å². The number of hydrogen-bond acceptors (Lipinski definition) is 5. The van der Waals surface area contributed by atoms with E-state index in [0.29, 0.717) is 17.2 Å². The Labute approximate surface area is 141 Å². The Kier molecular flexibility index (Phi) is 4.71. The van der Waals surface area contributed by atoms with Crippen LogP contribution < -0.4 is 5.32 Å². The summed E-state index contributed by atoms with van der Waals surface area (Å²) in [5.41, 5.74) is 2.40. The van der Waals surface area contributed by atoms with Crippen LogP contribution in [-0.4, -0.2) is 33.9 Å². The number of nitriles is 1. The minimum absolute atomic E-state index is 0.0472. The second kappa shape index (κ2) is 7.09. The molecule has 0 aliphatic carbocycles. The van der Waals surface area contributed by atoms with Gasteiger partial charge in [0, 0.05) is 24.5 Å². The molecule has 1 aromatic heterocycles. The molecule has 6 heteroatoms. The molecule has 0 bridgehead atoms. The van der Waals surface area contributed by atoms with Crippen LogP contribution in [0.2, 0.25) is 0 Å². The predicted molar refractivity (Wildman–Crippen MR) is 91.0 cm³/mol. The highest BCUT2D eigenvalue weighted by Crippen LogP contribution is 2.17. The van der Waals surface area contributed by atoms with Crippen LogP contribution in [0.1, 0.15) is 41.0 Å². The summed E-state index contributed by atoms with van der Waals surface area (Å²) in [5.74, 6) is 0.319. The van der Waals surface area contributed by atoms with Gasteiger partial charge in [-0.2, -0.15) is 5.26 Å². The summed E-state index contributed by atoms with van der Waals surface area (Å²) < 4.78 is 0. The van der Waals surface area contributed by atoms with Crippen molar-refractivity contribution in [1.82, 2.24) is 14.9 Å². The first kappa shape index (κ1) is 15.9. The van der Waals surface area contributed by atoms with E-state index in [0.717, 1.165) is 37.3 Å². The maximum absolute atomic E-state index is 12.6. The maximum Gasteiger partial charge on any atom is 0.272 e. The summed E-state index contributed by atoms with van der Waals surface area (Å²) in [6, 6.07) is 10.9. The maximum atomic E-state index is 12.6. The molecule has 0 spiro atoms. The Morgan fingerprint density at radius 1 is 1.21 bits per heavy atom. The molecule has 1 aliphatic heterocycles. The van der Waals surface area contributed by atoms with Crippen molar-refractivity contribution in [1.29, 1.82) is 5.26 Å². The van der Waals surface area contributed by atoms with Gasteiger partial charge in [-0.15, -0.1) is 0 Å². The number of nitrogens with one attached hydrogen (secondary N) is 1. The number of aryl methyl sites for hydroxylation is 1. The van der Waals surface area contributed by atoms with Gasteiger partial charge in [-0.3, -0.25) is 4.79 Å². The normalized spacial score (nSPS) is 14.1. The first-order valence-electron chi connectivity index (χ1n) is 8.08. The van der Waals surface area contributed by atoms with Crippen LogP contribution in [-0.2, 0) is 0 Å². The predicted octanol–water partition coefficient (Wildman–Crippen LogP) is 3.03. The molecule has 3 rings (SSSR count). The van der Waals surface area contributed by atoms with Crippen molar-refractivity contribution >= 4 is 17.5 Å². The van der Waals surface area contributed by atoms with Crippen molar-refractivity contribution in [2.24, 2.45) is 0 Å². The molecule has 2 aromatic rings. The van der Waals surface area contributed by atoms with E-state index in [9.17, 15) is 4.79 Å². The zero-order valence-corrected chi connectivity index (χ0v) is 13.6. The number of rotatable bonds is 3. The minimum atomic E-state index is -0.0472. The lowest BCUT2D eigenvalue weighted by atomic mass is 10.1. The number of benzene rings is 1. The first-order chi connectivity index (χ1) is 11.7. The second-order valence-corrected chi connectivity index (χ2v) is 5.89. The van der Waals surface area contributed by atoms with E-state index in [2.05, 4.69) is 21.4 Å². The van der Waals surface area contributed by atoms with E-state index in [1.54, 1.807) is 24.3 Å². The first-order valence-corrected chi connectivity index (χ1v) is 8.08. The molecule has 0 radical (unpaired) electrons. The molecule has 1 N–H and O–H groups in total. The molecule has 0 atom stereocenters. The van der Waals surface area contributed by atoms with Gasteiger partial charge in [-0.1, -0.05) is 6.07 Å². The van der Waals surface area contributed by atoms with Crippen molar-refractivity contribution in [2.45, 2.75) is 26.2 Å². The minimum Gasteiger partial charge on any atom is -0.337 e. The van der Waals surface area contributed by atoms with Crippen LogP contribution in [0.25, 0.3) is 0 Å². The van der Waals surface area contributed by atoms with Gasteiger partial charge < -0.3 is 10.2 Å². The highest BCUT2D eigenvalue weighted by molar-refractivity contribution is 5.92. The molecule has 1 fully saturated rings. The highest BCUT2D eigenvalue weighted by Gasteiger charge is 2.20. The molecule has 1 aromatic carbocycles. The van der Waals surface area contributed by atoms with E-state index in [-0.39, 0.29) is 5.91 Å². The molecule has 2 heterocycles. The number of carbonyl (C=O) groups excluding carboxylic acids is 1. The molecular formula is C18H19N5O. The van der Waals surface area contributed by atoms with Gasteiger partial charge >= 0.3 is 0 Å². The number of hydrogen-bond donors (Lipinski definition) is 1. The van der Waals surface area contributed by atoms with E-state index in [1.165, 1.54) is 6.42 Å². The highest BCUT2D eigenvalue weighted by atomic mass is 16.2. The zero-order valence-electron chi connectivity index (χ0n) is 13.6. The molecular weight excluding hydrogens is 302 g/mol. The average molecular weight is 321 g/mol. The Bertz CT molecular complexity index is 790. The average Bonchev–Trinajstić information content (AvgIpc) is 2.61. The largest absolute Gasteiger partial charge is 0.337 e. The number of carbonyl (C=O) groups is 1. The van der Waals surface area contributed by atoms with E-state index in [4.69, 9.17) is 5.26 Å². The number of aromatic nitrogens is 2. The quantitative estimate of drug-likeness (QED) is 0.939. The summed E-state index contributed by atoms with van der Waals surface area (Å²) in [4.78, 5) is 23.2. The summed E-state index contributed by atoms with van der Waals surface area (Å²) >= 11 is 0. The van der Waals surface area contributed by atoms with E-state index in [1.807, 2.05) is 17.9 Å². The van der Waals surface area contributed by atoms with E-state index >= 15 is 0 Å². The van der Waals surface area contributed by atoms with Crippen molar-refractivity contribution in [3.63, 3.8) is 0 Å². The van der Waals surface area contributed by atoms with Gasteiger partial charge in [0.05, 0.1) is 11.6 Å². The monoisotopic (exact) mass is 321 g/mol. The van der Waals surface area contributed by atoms with Crippen molar-refractivity contribution < 1.29 is 4.79 Å². The van der Waals surface area contributed by atoms with Crippen LogP contribution in [0.5, 0.6) is 0 Å². The molecule has 122 valence electrons. The lowest BCUT2D eigenvalue weighted by molar-refractivity contribution is 0.0718. The fraction of sp³-hybridized carbons (Fsp3) is 0.333. The summed E-state index contributed by atoms with van der Waals surface area (Å²) in [6.45, 7) is 3.41. The number of nitrogens with zero attached hydrogens (tertiary/aromatic N) is 4. The zero-order chi connectivity index (χ0) is 16.9. The Hall–Kier alpha value is -2.94. The summed E-state index contributed by atoms with van der Waals surface area (Å²) in [5, 5.41) is 12.0. The molecule has 24 heavy (non-hydrogen) atoms.